The standard InChI is InChI=1S/C27H26BrClN4O4/c1-4-37-24-15-18(13-21(28)25(24)34)16-30-32-27(36)23(14-17-9-11-19(12-10-17)33(2)3)31-26(35)20-7-5-6-8-22(20)29/h5-16,34H,4H2,1-3H3,(H,31,35)(H,32,36). The van der Waals surface area contributed by atoms with Gasteiger partial charge in [0, 0.05) is 19.8 Å². The van der Waals surface area contributed by atoms with Crippen molar-refractivity contribution in [2.75, 3.05) is 25.6 Å². The van der Waals surface area contributed by atoms with Crippen LogP contribution < -0.4 is 20.4 Å². The highest BCUT2D eigenvalue weighted by Crippen LogP contribution is 2.35. The Balaban J connectivity index is 1.85. The van der Waals surface area contributed by atoms with Gasteiger partial charge in [0.05, 0.1) is 27.9 Å². The largest absolute Gasteiger partial charge is 0.503 e. The van der Waals surface area contributed by atoms with Gasteiger partial charge in [-0.3, -0.25) is 9.59 Å². The number of carbonyl (C=O) groups excluding carboxylic acids is 2. The Morgan fingerprint density at radius 3 is 2.46 bits per heavy atom. The molecule has 8 nitrogen and oxygen atoms in total. The highest BCUT2D eigenvalue weighted by molar-refractivity contribution is 9.10. The van der Waals surface area contributed by atoms with Crippen LogP contribution in [-0.2, 0) is 4.79 Å². The predicted octanol–water partition coefficient (Wildman–Crippen LogP) is 5.19. The Hall–Kier alpha value is -3.82. The number of carbonyl (C=O) groups is 2. The van der Waals surface area contributed by atoms with Crippen molar-refractivity contribution in [2.45, 2.75) is 6.92 Å². The highest BCUT2D eigenvalue weighted by atomic mass is 79.9. The van der Waals surface area contributed by atoms with Gasteiger partial charge in [-0.25, -0.2) is 5.43 Å². The van der Waals surface area contributed by atoms with E-state index in [1.54, 1.807) is 49.4 Å². The van der Waals surface area contributed by atoms with Gasteiger partial charge in [0.25, 0.3) is 11.8 Å². The Morgan fingerprint density at radius 2 is 1.81 bits per heavy atom. The lowest BCUT2D eigenvalue weighted by atomic mass is 10.1. The summed E-state index contributed by atoms with van der Waals surface area (Å²) in [6.07, 6.45) is 2.94. The maximum atomic E-state index is 13.0. The quantitative estimate of drug-likeness (QED) is 0.182. The smallest absolute Gasteiger partial charge is 0.287 e. The predicted molar refractivity (Wildman–Crippen MR) is 150 cm³/mol. The average molecular weight is 586 g/mol. The van der Waals surface area contributed by atoms with E-state index in [-0.39, 0.29) is 27.8 Å². The maximum Gasteiger partial charge on any atom is 0.287 e. The van der Waals surface area contributed by atoms with Crippen LogP contribution in [-0.4, -0.2) is 43.8 Å². The fraction of sp³-hybridized carbons (Fsp3) is 0.148. The second-order valence-electron chi connectivity index (χ2n) is 7.96. The zero-order valence-corrected chi connectivity index (χ0v) is 22.8. The van der Waals surface area contributed by atoms with Crippen molar-refractivity contribution in [1.29, 1.82) is 0 Å². The van der Waals surface area contributed by atoms with Crippen LogP contribution in [0.5, 0.6) is 11.5 Å². The van der Waals surface area contributed by atoms with Crippen LogP contribution in [0.2, 0.25) is 5.02 Å². The number of amides is 2. The van der Waals surface area contributed by atoms with Gasteiger partial charge in [0.1, 0.15) is 5.70 Å². The zero-order valence-electron chi connectivity index (χ0n) is 20.5. The molecule has 0 heterocycles. The van der Waals surface area contributed by atoms with Gasteiger partial charge in [-0.15, -0.1) is 0 Å². The molecule has 0 bridgehead atoms. The van der Waals surface area contributed by atoms with Gasteiger partial charge in [0.15, 0.2) is 11.5 Å². The average Bonchev–Trinajstić information content (AvgIpc) is 2.87. The summed E-state index contributed by atoms with van der Waals surface area (Å²) in [7, 11) is 3.85. The van der Waals surface area contributed by atoms with Crippen molar-refractivity contribution in [3.63, 3.8) is 0 Å². The van der Waals surface area contributed by atoms with Crippen molar-refractivity contribution in [2.24, 2.45) is 5.10 Å². The molecular weight excluding hydrogens is 560 g/mol. The number of aromatic hydroxyl groups is 1. The molecule has 3 aromatic carbocycles. The molecule has 37 heavy (non-hydrogen) atoms. The van der Waals surface area contributed by atoms with Crippen molar-refractivity contribution in [3.8, 4) is 11.5 Å². The first-order chi connectivity index (χ1) is 17.7. The fourth-order valence-electron chi connectivity index (χ4n) is 3.19. The van der Waals surface area contributed by atoms with E-state index in [1.807, 2.05) is 43.3 Å². The van der Waals surface area contributed by atoms with Gasteiger partial charge in [-0.2, -0.15) is 5.10 Å². The number of hydrogen-bond donors (Lipinski definition) is 3. The van der Waals surface area contributed by atoms with Crippen LogP contribution in [0.4, 0.5) is 5.69 Å². The SMILES string of the molecule is CCOc1cc(C=NNC(=O)C(=Cc2ccc(N(C)C)cc2)NC(=O)c2ccccc2Cl)cc(Br)c1O. The molecule has 0 fully saturated rings. The number of rotatable bonds is 9. The van der Waals surface area contributed by atoms with Crippen LogP contribution in [0.25, 0.3) is 6.08 Å². The highest BCUT2D eigenvalue weighted by Gasteiger charge is 2.16. The van der Waals surface area contributed by atoms with E-state index >= 15 is 0 Å². The molecule has 0 aliphatic heterocycles. The molecule has 3 N–H and O–H groups in total. The minimum Gasteiger partial charge on any atom is -0.503 e. The van der Waals surface area contributed by atoms with Crippen LogP contribution >= 0.6 is 27.5 Å². The first-order valence-electron chi connectivity index (χ1n) is 11.2. The third-order valence-corrected chi connectivity index (χ3v) is 6.00. The summed E-state index contributed by atoms with van der Waals surface area (Å²) in [6.45, 7) is 2.17. The summed E-state index contributed by atoms with van der Waals surface area (Å²) in [4.78, 5) is 27.9. The van der Waals surface area contributed by atoms with Crippen LogP contribution in [0, 0.1) is 0 Å². The Kier molecular flexibility index (Phi) is 9.71. The van der Waals surface area contributed by atoms with Crippen LogP contribution in [0.1, 0.15) is 28.4 Å². The summed E-state index contributed by atoms with van der Waals surface area (Å²) in [5.41, 5.74) is 4.88. The monoisotopic (exact) mass is 584 g/mol. The molecule has 0 atom stereocenters. The fourth-order valence-corrected chi connectivity index (χ4v) is 3.87. The molecule has 0 saturated heterocycles. The number of ether oxygens (including phenoxy) is 1. The number of anilines is 1. The molecule has 0 aromatic heterocycles. The third-order valence-electron chi connectivity index (χ3n) is 5.06. The van der Waals surface area contributed by atoms with Crippen molar-refractivity contribution < 1.29 is 19.4 Å². The van der Waals surface area contributed by atoms with Gasteiger partial charge in [0.2, 0.25) is 0 Å². The molecule has 0 unspecified atom stereocenters. The topological polar surface area (TPSA) is 103 Å². The Bertz CT molecular complexity index is 1340. The van der Waals surface area contributed by atoms with Gasteiger partial charge in [-0.05, 0) is 76.5 Å². The molecule has 3 rings (SSSR count). The second kappa shape index (κ2) is 12.9. The van der Waals surface area contributed by atoms with E-state index < -0.39 is 11.8 Å². The van der Waals surface area contributed by atoms with E-state index in [0.29, 0.717) is 22.2 Å². The molecule has 3 aromatic rings. The third kappa shape index (κ3) is 7.58. The summed E-state index contributed by atoms with van der Waals surface area (Å²) in [5, 5.41) is 17.0. The number of benzene rings is 3. The van der Waals surface area contributed by atoms with E-state index in [4.69, 9.17) is 16.3 Å². The number of phenols is 1. The van der Waals surface area contributed by atoms with E-state index in [9.17, 15) is 14.7 Å². The summed E-state index contributed by atoms with van der Waals surface area (Å²) >= 11 is 9.43. The summed E-state index contributed by atoms with van der Waals surface area (Å²) in [6, 6.07) is 17.2. The summed E-state index contributed by atoms with van der Waals surface area (Å²) < 4.78 is 5.83. The van der Waals surface area contributed by atoms with E-state index in [1.165, 1.54) is 6.21 Å². The zero-order chi connectivity index (χ0) is 26.9. The van der Waals surface area contributed by atoms with Gasteiger partial charge >= 0.3 is 0 Å². The molecule has 0 radical (unpaired) electrons. The first-order valence-corrected chi connectivity index (χ1v) is 12.4. The van der Waals surface area contributed by atoms with Crippen LogP contribution in [0.3, 0.4) is 0 Å². The lowest BCUT2D eigenvalue weighted by molar-refractivity contribution is -0.117. The molecular formula is C27H26BrClN4O4. The number of nitrogens with one attached hydrogen (secondary N) is 2. The van der Waals surface area contributed by atoms with Gasteiger partial charge < -0.3 is 20.1 Å². The molecule has 0 saturated carbocycles. The van der Waals surface area contributed by atoms with Crippen molar-refractivity contribution in [1.82, 2.24) is 10.7 Å². The molecule has 2 amide bonds. The molecule has 0 aliphatic carbocycles. The number of hydrazone groups is 1. The van der Waals surface area contributed by atoms with Gasteiger partial charge in [-0.1, -0.05) is 35.9 Å². The van der Waals surface area contributed by atoms with Crippen LogP contribution in [0.15, 0.2) is 75.9 Å². The Labute approximate surface area is 228 Å². The summed E-state index contributed by atoms with van der Waals surface area (Å²) in [5.74, 6) is -0.935. The first kappa shape index (κ1) is 27.8. The molecule has 192 valence electrons. The van der Waals surface area contributed by atoms with Crippen molar-refractivity contribution in [3.05, 3.63) is 92.5 Å². The minimum absolute atomic E-state index is 0.0263. The second-order valence-corrected chi connectivity index (χ2v) is 9.22. The molecule has 0 aliphatic rings. The minimum atomic E-state index is -0.642. The maximum absolute atomic E-state index is 13.0. The molecule has 0 spiro atoms. The molecule has 10 heteroatoms. The van der Waals surface area contributed by atoms with Crippen molar-refractivity contribution >= 4 is 57.3 Å². The van der Waals surface area contributed by atoms with E-state index in [0.717, 1.165) is 5.69 Å². The lowest BCUT2D eigenvalue weighted by Crippen LogP contribution is -2.33. The normalized spacial score (nSPS) is 11.3. The Morgan fingerprint density at radius 1 is 1.11 bits per heavy atom. The lowest BCUT2D eigenvalue weighted by Gasteiger charge is -2.13. The number of halogens is 2. The van der Waals surface area contributed by atoms with E-state index in [2.05, 4.69) is 31.8 Å². The number of hydrogen-bond acceptors (Lipinski definition) is 6. The number of phenolic OH excluding ortho intramolecular Hbond substituents is 1. The number of nitrogens with zero attached hydrogens (tertiary/aromatic N) is 2.